The van der Waals surface area contributed by atoms with Gasteiger partial charge in [0.2, 0.25) is 0 Å². The minimum absolute atomic E-state index is 0.206. The zero-order valence-corrected chi connectivity index (χ0v) is 25.2. The van der Waals surface area contributed by atoms with Crippen LogP contribution in [0.5, 0.6) is 0 Å². The second-order valence-electron chi connectivity index (χ2n) is 13.9. The molecule has 0 aromatic heterocycles. The molecule has 38 heavy (non-hydrogen) atoms. The largest absolute Gasteiger partial charge is 0.282 e. The van der Waals surface area contributed by atoms with Gasteiger partial charge in [0.25, 0.3) is 0 Å². The van der Waals surface area contributed by atoms with Gasteiger partial charge in [-0.25, -0.2) is 0 Å². The molecule has 0 aliphatic carbocycles. The molecule has 2 aliphatic heterocycles. The van der Waals surface area contributed by atoms with Crippen molar-refractivity contribution >= 4 is 0 Å². The average Bonchev–Trinajstić information content (AvgIpc) is 2.83. The van der Waals surface area contributed by atoms with Crippen LogP contribution in [-0.2, 0) is 0 Å². The molecule has 0 N–H and O–H groups in total. The van der Waals surface area contributed by atoms with E-state index in [4.69, 9.17) is 0 Å². The van der Waals surface area contributed by atoms with Crippen molar-refractivity contribution in [3.8, 4) is 34.8 Å². The highest BCUT2D eigenvalue weighted by molar-refractivity contribution is 5.65. The maximum absolute atomic E-state index is 3.46. The number of piperidine rings is 2. The predicted molar refractivity (Wildman–Crippen MR) is 163 cm³/mol. The van der Waals surface area contributed by atoms with Crippen LogP contribution >= 0.6 is 0 Å². The van der Waals surface area contributed by atoms with Crippen LogP contribution in [0.3, 0.4) is 0 Å². The van der Waals surface area contributed by atoms with E-state index >= 15 is 0 Å². The summed E-state index contributed by atoms with van der Waals surface area (Å²) in [6, 6.07) is 17.3. The highest BCUT2D eigenvalue weighted by Crippen LogP contribution is 2.38. The van der Waals surface area contributed by atoms with Gasteiger partial charge in [-0.1, -0.05) is 47.9 Å². The smallest absolute Gasteiger partial charge is 0.0614 e. The molecule has 0 unspecified atom stereocenters. The van der Waals surface area contributed by atoms with Crippen LogP contribution in [0.1, 0.15) is 105 Å². The minimum Gasteiger partial charge on any atom is -0.282 e. The molecule has 2 aromatic rings. The molecular formula is C36H48N2. The molecule has 0 amide bonds. The van der Waals surface area contributed by atoms with Crippen molar-refractivity contribution in [2.45, 2.75) is 116 Å². The van der Waals surface area contributed by atoms with E-state index in [1.54, 1.807) is 0 Å². The maximum Gasteiger partial charge on any atom is 0.0614 e. The third-order valence-electron chi connectivity index (χ3n) is 9.12. The quantitative estimate of drug-likeness (QED) is 0.386. The zero-order valence-electron chi connectivity index (χ0n) is 25.2. The van der Waals surface area contributed by atoms with Gasteiger partial charge >= 0.3 is 0 Å². The Balaban J connectivity index is 1.38. The fourth-order valence-electron chi connectivity index (χ4n) is 6.88. The standard InChI is InChI=1S/C36H48N2/c1-33(2)23-11-24-34(3,4)37(33)27-9-13-29-15-19-31(20-16-29)32-21-17-30(18-22-32)14-10-28-38-35(5,6)25-12-26-36(38,7)8/h15-22H,11-12,23-28H2,1-8H3. The third-order valence-corrected chi connectivity index (χ3v) is 9.12. The monoisotopic (exact) mass is 508 g/mol. The first-order chi connectivity index (χ1) is 17.8. The van der Waals surface area contributed by atoms with Gasteiger partial charge in [-0.2, -0.15) is 0 Å². The number of nitrogens with zero attached hydrogens (tertiary/aromatic N) is 2. The lowest BCUT2D eigenvalue weighted by molar-refractivity contribution is -0.0147. The summed E-state index contributed by atoms with van der Waals surface area (Å²) >= 11 is 0. The maximum atomic E-state index is 3.46. The van der Waals surface area contributed by atoms with E-state index in [1.807, 2.05) is 0 Å². The summed E-state index contributed by atoms with van der Waals surface area (Å²) in [5, 5.41) is 0. The molecule has 2 aromatic carbocycles. The van der Waals surface area contributed by atoms with Gasteiger partial charge < -0.3 is 0 Å². The van der Waals surface area contributed by atoms with Gasteiger partial charge in [-0.05, 0) is 129 Å². The van der Waals surface area contributed by atoms with Crippen molar-refractivity contribution in [3.63, 3.8) is 0 Å². The van der Waals surface area contributed by atoms with Gasteiger partial charge in [0, 0.05) is 33.3 Å². The summed E-state index contributed by atoms with van der Waals surface area (Å²) in [7, 11) is 0. The lowest BCUT2D eigenvalue weighted by Crippen LogP contribution is -2.58. The van der Waals surface area contributed by atoms with E-state index in [-0.39, 0.29) is 22.2 Å². The van der Waals surface area contributed by atoms with Gasteiger partial charge in [0.05, 0.1) is 13.1 Å². The summed E-state index contributed by atoms with van der Waals surface area (Å²) in [6.07, 6.45) is 7.57. The molecule has 0 saturated carbocycles. The van der Waals surface area contributed by atoms with Crippen LogP contribution in [0, 0.1) is 23.7 Å². The second kappa shape index (κ2) is 10.9. The molecule has 4 rings (SSSR count). The van der Waals surface area contributed by atoms with Crippen molar-refractivity contribution in [2.75, 3.05) is 13.1 Å². The molecule has 2 heterocycles. The molecule has 2 aliphatic rings. The zero-order chi connectivity index (χ0) is 27.6. The first-order valence-electron chi connectivity index (χ1n) is 14.5. The van der Waals surface area contributed by atoms with Gasteiger partial charge in [-0.3, -0.25) is 9.80 Å². The van der Waals surface area contributed by atoms with Gasteiger partial charge in [-0.15, -0.1) is 0 Å². The first-order valence-corrected chi connectivity index (χ1v) is 14.5. The number of hydrogen-bond donors (Lipinski definition) is 0. The fourth-order valence-corrected chi connectivity index (χ4v) is 6.88. The van der Waals surface area contributed by atoms with E-state index in [1.165, 1.54) is 49.7 Å². The summed E-state index contributed by atoms with van der Waals surface area (Å²) in [5.74, 6) is 13.7. The van der Waals surface area contributed by atoms with Crippen LogP contribution in [0.2, 0.25) is 0 Å². The molecular weight excluding hydrogens is 460 g/mol. The molecule has 2 heteroatoms. The number of hydrogen-bond acceptors (Lipinski definition) is 2. The Kier molecular flexibility index (Phi) is 8.19. The molecule has 202 valence electrons. The van der Waals surface area contributed by atoms with Crippen molar-refractivity contribution in [3.05, 3.63) is 59.7 Å². The van der Waals surface area contributed by atoms with Gasteiger partial charge in [0.1, 0.15) is 0 Å². The van der Waals surface area contributed by atoms with E-state index in [2.05, 4.69) is 137 Å². The molecule has 0 spiro atoms. The second-order valence-corrected chi connectivity index (χ2v) is 13.9. The minimum atomic E-state index is 0.206. The molecule has 0 bridgehead atoms. The Labute approximate surface area is 233 Å². The first kappa shape index (κ1) is 28.5. The van der Waals surface area contributed by atoms with E-state index in [9.17, 15) is 0 Å². The summed E-state index contributed by atoms with van der Waals surface area (Å²) < 4.78 is 0. The van der Waals surface area contributed by atoms with Crippen molar-refractivity contribution in [1.29, 1.82) is 0 Å². The van der Waals surface area contributed by atoms with Gasteiger partial charge in [0.15, 0.2) is 0 Å². The molecule has 2 fully saturated rings. The molecule has 0 radical (unpaired) electrons. The Bertz CT molecular complexity index is 1090. The van der Waals surface area contributed by atoms with E-state index in [0.717, 1.165) is 24.2 Å². The highest BCUT2D eigenvalue weighted by Gasteiger charge is 2.41. The van der Waals surface area contributed by atoms with Crippen molar-refractivity contribution in [1.82, 2.24) is 9.80 Å². The number of rotatable bonds is 3. The van der Waals surface area contributed by atoms with Crippen LogP contribution in [-0.4, -0.2) is 45.0 Å². The Morgan fingerprint density at radius 2 is 0.789 bits per heavy atom. The SMILES string of the molecule is CC1(C)CCCC(C)(C)N1CC#Cc1ccc(-c2ccc(C#CCN3C(C)(C)CCCC3(C)C)cc2)cc1. The third kappa shape index (κ3) is 6.54. The Morgan fingerprint density at radius 1 is 0.500 bits per heavy atom. The van der Waals surface area contributed by atoms with Crippen molar-refractivity contribution < 1.29 is 0 Å². The summed E-state index contributed by atoms with van der Waals surface area (Å²) in [5.41, 5.74) is 5.40. The molecule has 0 atom stereocenters. The average molecular weight is 509 g/mol. The van der Waals surface area contributed by atoms with Crippen LogP contribution in [0.25, 0.3) is 11.1 Å². The predicted octanol–water partition coefficient (Wildman–Crippen LogP) is 8.14. The summed E-state index contributed by atoms with van der Waals surface area (Å²) in [6.45, 7) is 20.5. The van der Waals surface area contributed by atoms with Crippen LogP contribution < -0.4 is 0 Å². The lowest BCUT2D eigenvalue weighted by Gasteiger charge is -2.52. The summed E-state index contributed by atoms with van der Waals surface area (Å²) in [4.78, 5) is 5.17. The van der Waals surface area contributed by atoms with E-state index in [0.29, 0.717) is 0 Å². The number of likely N-dealkylation sites (tertiary alicyclic amines) is 2. The number of benzene rings is 2. The van der Waals surface area contributed by atoms with Crippen LogP contribution in [0.4, 0.5) is 0 Å². The van der Waals surface area contributed by atoms with E-state index < -0.39 is 0 Å². The molecule has 2 nitrogen and oxygen atoms in total. The topological polar surface area (TPSA) is 6.48 Å². The van der Waals surface area contributed by atoms with Crippen LogP contribution in [0.15, 0.2) is 48.5 Å². The normalized spacial score (nSPS) is 22.0. The Hall–Kier alpha value is -2.52. The molecule has 2 saturated heterocycles. The van der Waals surface area contributed by atoms with Crippen molar-refractivity contribution in [2.24, 2.45) is 0 Å². The highest BCUT2D eigenvalue weighted by atomic mass is 15.3. The Morgan fingerprint density at radius 3 is 1.08 bits per heavy atom. The lowest BCUT2D eigenvalue weighted by atomic mass is 9.80. The fraction of sp³-hybridized carbons (Fsp3) is 0.556.